The summed E-state index contributed by atoms with van der Waals surface area (Å²) < 4.78 is 0. The van der Waals surface area contributed by atoms with Gasteiger partial charge in [0.05, 0.1) is 6.54 Å². The van der Waals surface area contributed by atoms with Crippen LogP contribution in [0.15, 0.2) is 54.9 Å². The van der Waals surface area contributed by atoms with E-state index in [1.807, 2.05) is 29.2 Å². The van der Waals surface area contributed by atoms with E-state index in [0.29, 0.717) is 12.1 Å². The van der Waals surface area contributed by atoms with E-state index in [4.69, 9.17) is 0 Å². The topological polar surface area (TPSA) is 67.2 Å². The zero-order chi connectivity index (χ0) is 18.6. The third kappa shape index (κ3) is 3.97. The molecule has 0 spiro atoms. The SMILES string of the molecule is Cc1ccc(N2CCN(C(=O)c3ccc(Cn4ncnn4)cc3)CC2)cc1. The first-order valence-electron chi connectivity index (χ1n) is 9.10. The molecule has 1 aromatic heterocycles. The second kappa shape index (κ2) is 7.57. The van der Waals surface area contributed by atoms with Crippen molar-refractivity contribution in [3.8, 4) is 0 Å². The molecule has 0 atom stereocenters. The number of hydrogen-bond acceptors (Lipinski definition) is 5. The van der Waals surface area contributed by atoms with Gasteiger partial charge >= 0.3 is 0 Å². The van der Waals surface area contributed by atoms with Crippen LogP contribution in [0.1, 0.15) is 21.5 Å². The van der Waals surface area contributed by atoms with Crippen molar-refractivity contribution < 1.29 is 4.79 Å². The minimum atomic E-state index is 0.0870. The maximum Gasteiger partial charge on any atom is 0.253 e. The molecule has 27 heavy (non-hydrogen) atoms. The van der Waals surface area contributed by atoms with Crippen LogP contribution in [-0.2, 0) is 6.54 Å². The summed E-state index contributed by atoms with van der Waals surface area (Å²) in [5.74, 6) is 0.0870. The molecule has 0 saturated carbocycles. The molecule has 1 saturated heterocycles. The Kier molecular flexibility index (Phi) is 4.82. The van der Waals surface area contributed by atoms with Crippen molar-refractivity contribution in [3.63, 3.8) is 0 Å². The third-order valence-corrected chi connectivity index (χ3v) is 4.88. The van der Waals surface area contributed by atoms with Gasteiger partial charge in [0.1, 0.15) is 0 Å². The predicted octanol–water partition coefficient (Wildman–Crippen LogP) is 1.99. The average molecular weight is 362 g/mol. The van der Waals surface area contributed by atoms with E-state index in [0.717, 1.165) is 31.7 Å². The highest BCUT2D eigenvalue weighted by Crippen LogP contribution is 2.18. The van der Waals surface area contributed by atoms with Gasteiger partial charge in [0.25, 0.3) is 5.91 Å². The fraction of sp³-hybridized carbons (Fsp3) is 0.300. The quantitative estimate of drug-likeness (QED) is 0.710. The van der Waals surface area contributed by atoms with E-state index in [1.165, 1.54) is 22.4 Å². The maximum atomic E-state index is 12.8. The summed E-state index contributed by atoms with van der Waals surface area (Å²) in [5, 5.41) is 11.5. The number of nitrogens with zero attached hydrogens (tertiary/aromatic N) is 6. The summed E-state index contributed by atoms with van der Waals surface area (Å²) in [4.78, 5) is 18.6. The molecule has 2 aromatic carbocycles. The standard InChI is InChI=1S/C20H22N6O/c1-16-2-8-19(9-3-16)24-10-12-25(13-11-24)20(27)18-6-4-17(5-7-18)14-26-22-15-21-23-26/h2-9,15H,10-14H2,1H3. The van der Waals surface area contributed by atoms with E-state index in [-0.39, 0.29) is 5.91 Å². The lowest BCUT2D eigenvalue weighted by Gasteiger charge is -2.36. The number of piperazine rings is 1. The van der Waals surface area contributed by atoms with Crippen molar-refractivity contribution in [3.05, 3.63) is 71.5 Å². The highest BCUT2D eigenvalue weighted by atomic mass is 16.2. The van der Waals surface area contributed by atoms with Crippen LogP contribution in [0, 0.1) is 6.92 Å². The summed E-state index contributed by atoms with van der Waals surface area (Å²) in [5.41, 5.74) is 4.23. The fourth-order valence-corrected chi connectivity index (χ4v) is 3.28. The lowest BCUT2D eigenvalue weighted by Crippen LogP contribution is -2.48. The number of anilines is 1. The molecule has 0 aliphatic carbocycles. The number of aromatic nitrogens is 4. The molecule has 2 heterocycles. The molecule has 1 aliphatic heterocycles. The molecule has 4 rings (SSSR count). The van der Waals surface area contributed by atoms with Gasteiger partial charge in [-0.3, -0.25) is 4.79 Å². The number of tetrazole rings is 1. The van der Waals surface area contributed by atoms with Gasteiger partial charge in [-0.2, -0.15) is 4.80 Å². The Labute approximate surface area is 158 Å². The van der Waals surface area contributed by atoms with Gasteiger partial charge in [-0.05, 0) is 42.0 Å². The third-order valence-electron chi connectivity index (χ3n) is 4.88. The first-order valence-corrected chi connectivity index (χ1v) is 9.10. The molecule has 3 aromatic rings. The van der Waals surface area contributed by atoms with E-state index in [1.54, 1.807) is 0 Å². The Morgan fingerprint density at radius 3 is 2.30 bits per heavy atom. The minimum absolute atomic E-state index is 0.0870. The Morgan fingerprint density at radius 1 is 0.963 bits per heavy atom. The molecule has 138 valence electrons. The summed E-state index contributed by atoms with van der Waals surface area (Å²) in [6.07, 6.45) is 1.41. The van der Waals surface area contributed by atoms with Gasteiger partial charge in [-0.15, -0.1) is 10.2 Å². The molecule has 0 bridgehead atoms. The number of carbonyl (C=O) groups is 1. The minimum Gasteiger partial charge on any atom is -0.368 e. The smallest absolute Gasteiger partial charge is 0.253 e. The second-order valence-corrected chi connectivity index (χ2v) is 6.78. The van der Waals surface area contributed by atoms with Crippen LogP contribution in [0.4, 0.5) is 5.69 Å². The van der Waals surface area contributed by atoms with E-state index in [9.17, 15) is 4.79 Å². The zero-order valence-electron chi connectivity index (χ0n) is 15.3. The van der Waals surface area contributed by atoms with Crippen molar-refractivity contribution >= 4 is 11.6 Å². The van der Waals surface area contributed by atoms with Crippen molar-refractivity contribution in [2.75, 3.05) is 31.1 Å². The van der Waals surface area contributed by atoms with Gasteiger partial charge in [0, 0.05) is 37.4 Å². The monoisotopic (exact) mass is 362 g/mol. The number of aryl methyl sites for hydroxylation is 1. The molecular weight excluding hydrogens is 340 g/mol. The van der Waals surface area contributed by atoms with Crippen LogP contribution in [0.25, 0.3) is 0 Å². The second-order valence-electron chi connectivity index (χ2n) is 6.78. The molecule has 1 fully saturated rings. The predicted molar refractivity (Wildman–Crippen MR) is 103 cm³/mol. The summed E-state index contributed by atoms with van der Waals surface area (Å²) in [7, 11) is 0. The van der Waals surface area contributed by atoms with E-state index >= 15 is 0 Å². The highest BCUT2D eigenvalue weighted by molar-refractivity contribution is 5.94. The maximum absolute atomic E-state index is 12.8. The fourth-order valence-electron chi connectivity index (χ4n) is 3.28. The van der Waals surface area contributed by atoms with Crippen molar-refractivity contribution in [1.29, 1.82) is 0 Å². The molecule has 0 radical (unpaired) electrons. The van der Waals surface area contributed by atoms with Gasteiger partial charge in [0.15, 0.2) is 6.33 Å². The van der Waals surface area contributed by atoms with Crippen LogP contribution in [-0.4, -0.2) is 57.2 Å². The molecule has 0 unspecified atom stereocenters. The zero-order valence-corrected chi connectivity index (χ0v) is 15.3. The lowest BCUT2D eigenvalue weighted by atomic mass is 10.1. The number of benzene rings is 2. The van der Waals surface area contributed by atoms with E-state index in [2.05, 4.69) is 51.5 Å². The van der Waals surface area contributed by atoms with Gasteiger partial charge in [-0.1, -0.05) is 29.8 Å². The molecule has 1 aliphatic rings. The van der Waals surface area contributed by atoms with Gasteiger partial charge in [0.2, 0.25) is 0 Å². The normalized spacial score (nSPS) is 14.4. The Balaban J connectivity index is 1.35. The van der Waals surface area contributed by atoms with Crippen molar-refractivity contribution in [1.82, 2.24) is 25.1 Å². The number of amides is 1. The number of rotatable bonds is 4. The first-order chi connectivity index (χ1) is 13.2. The largest absolute Gasteiger partial charge is 0.368 e. The van der Waals surface area contributed by atoms with Crippen molar-refractivity contribution in [2.45, 2.75) is 13.5 Å². The van der Waals surface area contributed by atoms with Crippen LogP contribution in [0.2, 0.25) is 0 Å². The molecule has 1 amide bonds. The van der Waals surface area contributed by atoms with Crippen LogP contribution in [0.5, 0.6) is 0 Å². The average Bonchev–Trinajstić information content (AvgIpc) is 3.22. The Bertz CT molecular complexity index is 881. The number of hydrogen-bond donors (Lipinski definition) is 0. The Morgan fingerprint density at radius 2 is 1.67 bits per heavy atom. The summed E-state index contributed by atoms with van der Waals surface area (Å²) in [6.45, 7) is 5.81. The highest BCUT2D eigenvalue weighted by Gasteiger charge is 2.22. The summed E-state index contributed by atoms with van der Waals surface area (Å²) in [6, 6.07) is 16.2. The van der Waals surface area contributed by atoms with E-state index < -0.39 is 0 Å². The summed E-state index contributed by atoms with van der Waals surface area (Å²) >= 11 is 0. The van der Waals surface area contributed by atoms with Crippen molar-refractivity contribution in [2.24, 2.45) is 0 Å². The van der Waals surface area contributed by atoms with Crippen LogP contribution >= 0.6 is 0 Å². The van der Waals surface area contributed by atoms with Gasteiger partial charge in [-0.25, -0.2) is 0 Å². The first kappa shape index (κ1) is 17.2. The van der Waals surface area contributed by atoms with Crippen LogP contribution < -0.4 is 4.90 Å². The van der Waals surface area contributed by atoms with Gasteiger partial charge < -0.3 is 9.80 Å². The molecule has 0 N–H and O–H groups in total. The lowest BCUT2D eigenvalue weighted by molar-refractivity contribution is 0.0747. The molecular formula is C20H22N6O. The number of carbonyl (C=O) groups excluding carboxylic acids is 1. The van der Waals surface area contributed by atoms with Crippen LogP contribution in [0.3, 0.4) is 0 Å². The Hall–Kier alpha value is -3.22. The molecule has 7 heteroatoms. The molecule has 7 nitrogen and oxygen atoms in total.